The molecule has 3 N–H and O–H groups in total. The predicted molar refractivity (Wildman–Crippen MR) is 55.3 cm³/mol. The zero-order valence-electron chi connectivity index (χ0n) is 9.13. The van der Waals surface area contributed by atoms with Crippen molar-refractivity contribution in [3.8, 4) is 6.07 Å². The summed E-state index contributed by atoms with van der Waals surface area (Å²) in [6.07, 6.45) is 1.56. The van der Waals surface area contributed by atoms with Gasteiger partial charge < -0.3 is 11.1 Å². The highest BCUT2D eigenvalue weighted by Crippen LogP contribution is 2.10. The van der Waals surface area contributed by atoms with Crippen LogP contribution in [0.2, 0.25) is 0 Å². The van der Waals surface area contributed by atoms with E-state index >= 15 is 0 Å². The lowest BCUT2D eigenvalue weighted by molar-refractivity contribution is -0.122. The van der Waals surface area contributed by atoms with E-state index in [1.165, 1.54) is 0 Å². The number of rotatable bonds is 5. The molecule has 4 heteroatoms. The number of amides is 1. The molecule has 0 saturated carbocycles. The van der Waals surface area contributed by atoms with Crippen molar-refractivity contribution < 1.29 is 4.79 Å². The summed E-state index contributed by atoms with van der Waals surface area (Å²) >= 11 is 0. The van der Waals surface area contributed by atoms with Crippen molar-refractivity contribution in [3.05, 3.63) is 0 Å². The molecule has 1 amide bonds. The molecule has 0 heterocycles. The smallest absolute Gasteiger partial charge is 0.236 e. The van der Waals surface area contributed by atoms with Gasteiger partial charge in [0.2, 0.25) is 5.91 Å². The van der Waals surface area contributed by atoms with Crippen LogP contribution in [0.5, 0.6) is 0 Å². The molecule has 0 aliphatic carbocycles. The lowest BCUT2D eigenvalue weighted by atomic mass is 9.96. The fourth-order valence-electron chi connectivity index (χ4n) is 0.921. The average molecular weight is 197 g/mol. The Balaban J connectivity index is 3.92. The molecule has 0 spiro atoms. The van der Waals surface area contributed by atoms with Crippen LogP contribution in [0.25, 0.3) is 0 Å². The fourth-order valence-corrected chi connectivity index (χ4v) is 0.921. The number of carbonyl (C=O) groups excluding carboxylic acids is 1. The minimum Gasteiger partial charge on any atom is -0.353 e. The molecule has 80 valence electrons. The normalized spacial score (nSPS) is 13.1. The van der Waals surface area contributed by atoms with Crippen molar-refractivity contribution in [2.24, 2.45) is 11.1 Å². The quantitative estimate of drug-likeness (QED) is 0.683. The third-order valence-electron chi connectivity index (χ3n) is 1.94. The van der Waals surface area contributed by atoms with Crippen LogP contribution in [0.15, 0.2) is 0 Å². The first-order valence-corrected chi connectivity index (χ1v) is 4.87. The number of nitrogens with zero attached hydrogens (tertiary/aromatic N) is 1. The minimum atomic E-state index is -0.526. The zero-order chi connectivity index (χ0) is 11.2. The first-order valence-electron chi connectivity index (χ1n) is 4.87. The third kappa shape index (κ3) is 4.83. The number of carbonyl (C=O) groups is 1. The second-order valence-electron chi connectivity index (χ2n) is 4.11. The van der Waals surface area contributed by atoms with Gasteiger partial charge in [0.1, 0.15) is 0 Å². The molecular formula is C10H19N3O. The Hall–Kier alpha value is -1.08. The maximum atomic E-state index is 11.4. The summed E-state index contributed by atoms with van der Waals surface area (Å²) in [4.78, 5) is 11.4. The summed E-state index contributed by atoms with van der Waals surface area (Å²) in [5.74, 6) is -0.171. The molecule has 0 aromatic rings. The summed E-state index contributed by atoms with van der Waals surface area (Å²) < 4.78 is 0. The van der Waals surface area contributed by atoms with E-state index in [4.69, 9.17) is 11.0 Å². The monoisotopic (exact) mass is 197 g/mol. The number of hydrogen-bond donors (Lipinski definition) is 2. The van der Waals surface area contributed by atoms with Crippen LogP contribution in [-0.2, 0) is 4.79 Å². The molecule has 0 saturated heterocycles. The van der Waals surface area contributed by atoms with Gasteiger partial charge in [-0.1, -0.05) is 13.3 Å². The molecule has 0 fully saturated rings. The van der Waals surface area contributed by atoms with Crippen molar-refractivity contribution >= 4 is 5.91 Å². The largest absolute Gasteiger partial charge is 0.353 e. The predicted octanol–water partition coefficient (Wildman–Crippen LogP) is 0.780. The Kier molecular flexibility index (Phi) is 5.18. The number of nitrogens with two attached hydrogens (primary N) is 1. The zero-order valence-corrected chi connectivity index (χ0v) is 9.13. The van der Waals surface area contributed by atoms with Gasteiger partial charge in [-0.25, -0.2) is 0 Å². The number of nitrogens with one attached hydrogen (secondary N) is 1. The van der Waals surface area contributed by atoms with Gasteiger partial charge in [-0.3, -0.25) is 4.79 Å². The molecule has 4 nitrogen and oxygen atoms in total. The van der Waals surface area contributed by atoms with Crippen molar-refractivity contribution in [2.45, 2.75) is 39.7 Å². The molecule has 0 rings (SSSR count). The van der Waals surface area contributed by atoms with Gasteiger partial charge in [0.15, 0.2) is 0 Å². The third-order valence-corrected chi connectivity index (χ3v) is 1.94. The Morgan fingerprint density at radius 2 is 2.21 bits per heavy atom. The van der Waals surface area contributed by atoms with Gasteiger partial charge >= 0.3 is 0 Å². The molecule has 0 aromatic carbocycles. The summed E-state index contributed by atoms with van der Waals surface area (Å²) in [6.45, 7) is 5.88. The first-order chi connectivity index (χ1) is 6.43. The van der Waals surface area contributed by atoms with Crippen molar-refractivity contribution in [1.82, 2.24) is 5.32 Å². The Morgan fingerprint density at radius 3 is 2.64 bits per heavy atom. The Bertz CT molecular complexity index is 230. The molecule has 0 radical (unpaired) electrons. The minimum absolute atomic E-state index is 0.171. The highest BCUT2D eigenvalue weighted by molar-refractivity contribution is 5.81. The van der Waals surface area contributed by atoms with E-state index in [1.54, 1.807) is 13.8 Å². The van der Waals surface area contributed by atoms with Gasteiger partial charge in [0.25, 0.3) is 0 Å². The maximum absolute atomic E-state index is 11.4. The van der Waals surface area contributed by atoms with Crippen LogP contribution in [0.1, 0.15) is 33.6 Å². The Labute approximate surface area is 85.5 Å². The van der Waals surface area contributed by atoms with Crippen molar-refractivity contribution in [3.63, 3.8) is 0 Å². The van der Waals surface area contributed by atoms with E-state index in [2.05, 4.69) is 11.4 Å². The van der Waals surface area contributed by atoms with Crippen molar-refractivity contribution in [2.75, 3.05) is 6.54 Å². The van der Waals surface area contributed by atoms with Crippen LogP contribution in [0.4, 0.5) is 0 Å². The second-order valence-corrected chi connectivity index (χ2v) is 4.11. The van der Waals surface area contributed by atoms with Crippen LogP contribution in [0, 0.1) is 16.7 Å². The van der Waals surface area contributed by atoms with Gasteiger partial charge in [-0.15, -0.1) is 0 Å². The lowest BCUT2D eigenvalue weighted by Gasteiger charge is -2.17. The van der Waals surface area contributed by atoms with E-state index in [-0.39, 0.29) is 5.91 Å². The SMILES string of the molecule is CCCC(N)C(=O)NCC(C)(C)C#N. The fraction of sp³-hybridized carbons (Fsp3) is 0.800. The van der Waals surface area contributed by atoms with Gasteiger partial charge in [-0.05, 0) is 20.3 Å². The first kappa shape index (κ1) is 12.9. The molecular weight excluding hydrogens is 178 g/mol. The molecule has 0 bridgehead atoms. The van der Waals surface area contributed by atoms with E-state index < -0.39 is 11.5 Å². The van der Waals surface area contributed by atoms with E-state index in [9.17, 15) is 4.79 Å². The van der Waals surface area contributed by atoms with Crippen LogP contribution < -0.4 is 11.1 Å². The summed E-state index contributed by atoms with van der Waals surface area (Å²) in [5.41, 5.74) is 5.08. The highest BCUT2D eigenvalue weighted by atomic mass is 16.2. The van der Waals surface area contributed by atoms with Gasteiger partial charge in [0, 0.05) is 6.54 Å². The lowest BCUT2D eigenvalue weighted by Crippen LogP contribution is -2.43. The molecule has 0 aromatic heterocycles. The van der Waals surface area contributed by atoms with Crippen molar-refractivity contribution in [1.29, 1.82) is 5.26 Å². The molecule has 1 atom stereocenters. The summed E-state index contributed by atoms with van der Waals surface area (Å²) in [6, 6.07) is 1.66. The van der Waals surface area contributed by atoms with E-state index in [0.29, 0.717) is 13.0 Å². The number of nitriles is 1. The Morgan fingerprint density at radius 1 is 1.64 bits per heavy atom. The van der Waals surface area contributed by atoms with Crippen LogP contribution in [-0.4, -0.2) is 18.5 Å². The highest BCUT2D eigenvalue weighted by Gasteiger charge is 2.19. The average Bonchev–Trinajstić information content (AvgIpc) is 2.15. The van der Waals surface area contributed by atoms with E-state index in [1.807, 2.05) is 6.92 Å². The van der Waals surface area contributed by atoms with Crippen LogP contribution >= 0.6 is 0 Å². The summed E-state index contributed by atoms with van der Waals surface area (Å²) in [5, 5.41) is 11.4. The maximum Gasteiger partial charge on any atom is 0.236 e. The van der Waals surface area contributed by atoms with Gasteiger partial charge in [-0.2, -0.15) is 5.26 Å². The molecule has 1 unspecified atom stereocenters. The van der Waals surface area contributed by atoms with E-state index in [0.717, 1.165) is 6.42 Å². The van der Waals surface area contributed by atoms with Crippen LogP contribution in [0.3, 0.4) is 0 Å². The molecule has 0 aliphatic rings. The molecule has 0 aliphatic heterocycles. The van der Waals surface area contributed by atoms with Gasteiger partial charge in [0.05, 0.1) is 17.5 Å². The topological polar surface area (TPSA) is 78.9 Å². The standard InChI is InChI=1S/C10H19N3O/c1-4-5-8(12)9(14)13-7-10(2,3)6-11/h8H,4-5,7,12H2,1-3H3,(H,13,14). The summed E-state index contributed by atoms with van der Waals surface area (Å²) in [7, 11) is 0. The second kappa shape index (κ2) is 5.61. The number of hydrogen-bond acceptors (Lipinski definition) is 3. The molecule has 14 heavy (non-hydrogen) atoms.